The van der Waals surface area contributed by atoms with Gasteiger partial charge in [-0.05, 0) is 34.9 Å². The van der Waals surface area contributed by atoms with Gasteiger partial charge in [-0.2, -0.15) is 0 Å². The Morgan fingerprint density at radius 3 is 2.62 bits per heavy atom. The number of carbonyl (C=O) groups is 1. The Morgan fingerprint density at radius 2 is 1.84 bits per heavy atom. The zero-order chi connectivity index (χ0) is 22.5. The Hall–Kier alpha value is -2.94. The second kappa shape index (κ2) is 7.88. The van der Waals surface area contributed by atoms with Crippen molar-refractivity contribution in [2.24, 2.45) is 0 Å². The van der Waals surface area contributed by atoms with Gasteiger partial charge in [0.15, 0.2) is 0 Å². The third kappa shape index (κ3) is 3.64. The summed E-state index contributed by atoms with van der Waals surface area (Å²) in [4.78, 5) is 11.1. The van der Waals surface area contributed by atoms with Crippen molar-refractivity contribution in [1.29, 1.82) is 0 Å². The van der Waals surface area contributed by atoms with Crippen molar-refractivity contribution in [2.45, 2.75) is 48.3 Å². The number of sulfonamides is 1. The number of benzene rings is 3. The van der Waals surface area contributed by atoms with Crippen molar-refractivity contribution >= 4 is 26.8 Å². The molecule has 0 aromatic heterocycles. The highest BCUT2D eigenvalue weighted by Gasteiger charge is 2.51. The summed E-state index contributed by atoms with van der Waals surface area (Å²) in [6.45, 7) is 0. The number of aryl methyl sites for hydroxylation is 1. The number of hydrogen-bond donors (Lipinski definition) is 3. The van der Waals surface area contributed by atoms with Crippen LogP contribution in [0.1, 0.15) is 29.9 Å². The number of carboxylic acids is 1. The number of ether oxygens (including phenoxy) is 1. The van der Waals surface area contributed by atoms with Crippen LogP contribution in [0.5, 0.6) is 5.75 Å². The van der Waals surface area contributed by atoms with Crippen molar-refractivity contribution < 1.29 is 28.2 Å². The molecule has 4 unspecified atom stereocenters. The summed E-state index contributed by atoms with van der Waals surface area (Å²) in [5.41, 5.74) is 1.59. The van der Waals surface area contributed by atoms with Crippen LogP contribution in [0.4, 0.5) is 0 Å². The predicted molar refractivity (Wildman–Crippen MR) is 118 cm³/mol. The van der Waals surface area contributed by atoms with Gasteiger partial charge in [-0.3, -0.25) is 4.79 Å². The van der Waals surface area contributed by atoms with Gasteiger partial charge in [0.05, 0.1) is 17.0 Å². The van der Waals surface area contributed by atoms with E-state index in [1.807, 2.05) is 42.5 Å². The van der Waals surface area contributed by atoms with Gasteiger partial charge in [-0.15, -0.1) is 0 Å². The van der Waals surface area contributed by atoms with Crippen molar-refractivity contribution in [3.63, 3.8) is 0 Å². The number of aliphatic hydroxyl groups excluding tert-OH is 1. The molecule has 2 aliphatic rings. The molecule has 3 aromatic carbocycles. The van der Waals surface area contributed by atoms with E-state index in [2.05, 4.69) is 4.72 Å². The average molecular weight is 454 g/mol. The lowest BCUT2D eigenvalue weighted by molar-refractivity contribution is -0.136. The van der Waals surface area contributed by atoms with Crippen LogP contribution >= 0.6 is 0 Å². The molecule has 5 rings (SSSR count). The summed E-state index contributed by atoms with van der Waals surface area (Å²) < 4.78 is 35.2. The molecule has 3 N–H and O–H groups in total. The molecule has 166 valence electrons. The Labute approximate surface area is 185 Å². The lowest BCUT2D eigenvalue weighted by Gasteiger charge is -2.22. The van der Waals surface area contributed by atoms with Crippen LogP contribution in [0.3, 0.4) is 0 Å². The van der Waals surface area contributed by atoms with Crippen LogP contribution < -0.4 is 9.46 Å². The second-order valence-corrected chi connectivity index (χ2v) is 10.1. The molecule has 4 atom stereocenters. The minimum atomic E-state index is -3.88. The predicted octanol–water partition coefficient (Wildman–Crippen LogP) is 2.81. The fourth-order valence-electron chi connectivity index (χ4n) is 4.85. The Kier molecular flexibility index (Phi) is 5.16. The quantitative estimate of drug-likeness (QED) is 0.529. The number of carboxylic acid groups (broad SMARTS) is 1. The number of hydrogen-bond acceptors (Lipinski definition) is 5. The summed E-state index contributed by atoms with van der Waals surface area (Å²) in [6, 6.07) is 17.2. The molecule has 8 heteroatoms. The van der Waals surface area contributed by atoms with Crippen molar-refractivity contribution in [3.05, 3.63) is 71.8 Å². The van der Waals surface area contributed by atoms with E-state index >= 15 is 0 Å². The molecule has 0 spiro atoms. The van der Waals surface area contributed by atoms with Gasteiger partial charge in [0.1, 0.15) is 11.9 Å². The molecule has 3 aromatic rings. The SMILES string of the molecule is O=C(O)CCc1cccc2c1OC1CC(O)C(NS(=O)(=O)c3ccc4ccccc4c3)C21. The number of para-hydroxylation sites is 1. The van der Waals surface area contributed by atoms with Crippen LogP contribution in [0, 0.1) is 0 Å². The van der Waals surface area contributed by atoms with E-state index in [9.17, 15) is 18.3 Å². The maximum atomic E-state index is 13.2. The van der Waals surface area contributed by atoms with Crippen molar-refractivity contribution in [1.82, 2.24) is 4.72 Å². The highest BCUT2D eigenvalue weighted by atomic mass is 32.2. The third-order valence-corrected chi connectivity index (χ3v) is 7.82. The van der Waals surface area contributed by atoms with Gasteiger partial charge in [-0.1, -0.05) is 48.5 Å². The van der Waals surface area contributed by atoms with Crippen LogP contribution in [-0.2, 0) is 21.2 Å². The number of aliphatic carboxylic acids is 1. The zero-order valence-electron chi connectivity index (χ0n) is 17.1. The first kappa shape index (κ1) is 20.9. The second-order valence-electron chi connectivity index (χ2n) is 8.37. The van der Waals surface area contributed by atoms with Crippen LogP contribution in [-0.4, -0.2) is 42.8 Å². The maximum Gasteiger partial charge on any atom is 0.303 e. The molecular formula is C24H23NO6S. The van der Waals surface area contributed by atoms with Crippen molar-refractivity contribution in [2.75, 3.05) is 0 Å². The first-order valence-corrected chi connectivity index (χ1v) is 12.0. The fourth-order valence-corrected chi connectivity index (χ4v) is 6.18. The number of nitrogens with one attached hydrogen (secondary N) is 1. The van der Waals surface area contributed by atoms with Gasteiger partial charge in [0, 0.05) is 24.3 Å². The zero-order valence-corrected chi connectivity index (χ0v) is 18.0. The molecular weight excluding hydrogens is 430 g/mol. The maximum absolute atomic E-state index is 13.2. The monoisotopic (exact) mass is 453 g/mol. The normalized spacial score (nSPS) is 24.2. The van der Waals surface area contributed by atoms with Crippen LogP contribution in [0.2, 0.25) is 0 Å². The fraction of sp³-hybridized carbons (Fsp3) is 0.292. The summed E-state index contributed by atoms with van der Waals surface area (Å²) in [7, 11) is -3.88. The minimum absolute atomic E-state index is 0.0181. The molecule has 7 nitrogen and oxygen atoms in total. The first-order chi connectivity index (χ1) is 15.3. The number of fused-ring (bicyclic) bond motifs is 4. The third-order valence-electron chi connectivity index (χ3n) is 6.36. The molecule has 0 saturated heterocycles. The number of aliphatic hydroxyl groups is 1. The Balaban J connectivity index is 1.45. The molecule has 1 heterocycles. The Bertz CT molecular complexity index is 1300. The average Bonchev–Trinajstić information content (AvgIpc) is 3.27. The minimum Gasteiger partial charge on any atom is -0.489 e. The van der Waals surface area contributed by atoms with E-state index in [4.69, 9.17) is 9.84 Å². The van der Waals surface area contributed by atoms with Crippen molar-refractivity contribution in [3.8, 4) is 5.75 Å². The van der Waals surface area contributed by atoms with E-state index in [1.54, 1.807) is 18.2 Å². The van der Waals surface area contributed by atoms with Crippen LogP contribution in [0.25, 0.3) is 10.8 Å². The summed E-state index contributed by atoms with van der Waals surface area (Å²) in [5, 5.41) is 21.4. The number of rotatable bonds is 6. The van der Waals surface area contributed by atoms with E-state index < -0.39 is 28.1 Å². The molecule has 0 amide bonds. The molecule has 1 saturated carbocycles. The molecule has 1 fully saturated rings. The lowest BCUT2D eigenvalue weighted by atomic mass is 9.92. The van der Waals surface area contributed by atoms with E-state index in [1.165, 1.54) is 0 Å². The van der Waals surface area contributed by atoms with E-state index in [-0.39, 0.29) is 23.3 Å². The first-order valence-electron chi connectivity index (χ1n) is 10.5. The smallest absolute Gasteiger partial charge is 0.303 e. The molecule has 0 radical (unpaired) electrons. The molecule has 1 aliphatic heterocycles. The van der Waals surface area contributed by atoms with Gasteiger partial charge >= 0.3 is 5.97 Å². The van der Waals surface area contributed by atoms with Crippen LogP contribution in [0.15, 0.2) is 65.6 Å². The standard InChI is InChI=1S/C24H23NO6S/c26-19-13-20-22(18-7-3-6-15(24(18)31-20)9-11-21(27)28)23(19)25-32(29,30)17-10-8-14-4-1-2-5-16(14)12-17/h1-8,10,12,19-20,22-23,25-26H,9,11,13H2,(H,27,28). The summed E-state index contributed by atoms with van der Waals surface area (Å²) in [6.07, 6.45) is -0.654. The highest BCUT2D eigenvalue weighted by molar-refractivity contribution is 7.89. The molecule has 0 bridgehead atoms. The van der Waals surface area contributed by atoms with Gasteiger partial charge < -0.3 is 14.9 Å². The van der Waals surface area contributed by atoms with E-state index in [0.717, 1.165) is 21.9 Å². The summed E-state index contributed by atoms with van der Waals surface area (Å²) in [5.74, 6) is -0.622. The lowest BCUT2D eigenvalue weighted by Crippen LogP contribution is -2.43. The van der Waals surface area contributed by atoms with Gasteiger partial charge in [0.25, 0.3) is 0 Å². The van der Waals surface area contributed by atoms with Gasteiger partial charge in [0.2, 0.25) is 10.0 Å². The molecule has 1 aliphatic carbocycles. The van der Waals surface area contributed by atoms with Gasteiger partial charge in [-0.25, -0.2) is 13.1 Å². The largest absolute Gasteiger partial charge is 0.489 e. The topological polar surface area (TPSA) is 113 Å². The molecule has 32 heavy (non-hydrogen) atoms. The summed E-state index contributed by atoms with van der Waals surface area (Å²) >= 11 is 0. The highest BCUT2D eigenvalue weighted by Crippen LogP contribution is 2.49. The van der Waals surface area contributed by atoms with E-state index in [0.29, 0.717) is 18.6 Å². The Morgan fingerprint density at radius 1 is 1.06 bits per heavy atom.